The van der Waals surface area contributed by atoms with Gasteiger partial charge in [0.25, 0.3) is 0 Å². The molecule has 0 fully saturated rings. The maximum atomic E-state index is 13.3. The van der Waals surface area contributed by atoms with E-state index in [1.165, 1.54) is 25.1 Å². The molecule has 0 bridgehead atoms. The van der Waals surface area contributed by atoms with Crippen LogP contribution in [0.25, 0.3) is 0 Å². The summed E-state index contributed by atoms with van der Waals surface area (Å²) in [6.07, 6.45) is -0.104. The zero-order valence-electron chi connectivity index (χ0n) is 13.2. The lowest BCUT2D eigenvalue weighted by molar-refractivity contribution is -0.117. The van der Waals surface area contributed by atoms with Crippen molar-refractivity contribution in [3.05, 3.63) is 58.9 Å². The number of anilines is 2. The third-order valence-electron chi connectivity index (χ3n) is 3.36. The quantitative estimate of drug-likeness (QED) is 0.860. The van der Waals surface area contributed by atoms with E-state index in [2.05, 4.69) is 5.32 Å². The third-order valence-corrected chi connectivity index (χ3v) is 3.65. The maximum absolute atomic E-state index is 13.3. The molecule has 0 aliphatic heterocycles. The van der Waals surface area contributed by atoms with E-state index in [9.17, 15) is 22.8 Å². The Labute approximate surface area is 147 Å². The van der Waals surface area contributed by atoms with Crippen molar-refractivity contribution in [2.24, 2.45) is 0 Å². The molecule has 2 aromatic carbocycles. The molecular weight excluding hydrogens is 357 g/mol. The summed E-state index contributed by atoms with van der Waals surface area (Å²) in [5.74, 6) is -3.60. The molecule has 2 amide bonds. The molecule has 0 unspecified atom stereocenters. The highest BCUT2D eigenvalue weighted by Gasteiger charge is 2.15. The molecule has 0 spiro atoms. The molecular formula is C17H14ClF3N2O2. The van der Waals surface area contributed by atoms with Crippen LogP contribution in [0, 0.1) is 17.5 Å². The zero-order chi connectivity index (χ0) is 18.6. The van der Waals surface area contributed by atoms with E-state index >= 15 is 0 Å². The van der Waals surface area contributed by atoms with Gasteiger partial charge in [0.1, 0.15) is 5.82 Å². The Morgan fingerprint density at radius 2 is 1.72 bits per heavy atom. The van der Waals surface area contributed by atoms with Crippen molar-refractivity contribution in [3.8, 4) is 0 Å². The number of hydrogen-bond acceptors (Lipinski definition) is 2. The summed E-state index contributed by atoms with van der Waals surface area (Å²) in [5.41, 5.74) is 0.447. The Balaban J connectivity index is 2.02. The van der Waals surface area contributed by atoms with Gasteiger partial charge in [-0.15, -0.1) is 0 Å². The summed E-state index contributed by atoms with van der Waals surface area (Å²) < 4.78 is 39.4. The van der Waals surface area contributed by atoms with Crippen LogP contribution in [0.1, 0.15) is 13.3 Å². The second kappa shape index (κ2) is 8.02. The number of nitrogens with zero attached hydrogens (tertiary/aromatic N) is 1. The molecule has 0 saturated carbocycles. The summed E-state index contributed by atoms with van der Waals surface area (Å²) in [6.45, 7) is 1.21. The molecule has 8 heteroatoms. The number of halogens is 4. The molecule has 0 saturated heterocycles. The van der Waals surface area contributed by atoms with E-state index in [0.29, 0.717) is 5.69 Å². The Kier molecular flexibility index (Phi) is 6.03. The van der Waals surface area contributed by atoms with Crippen LogP contribution < -0.4 is 10.2 Å². The fourth-order valence-electron chi connectivity index (χ4n) is 2.13. The molecule has 4 nitrogen and oxygen atoms in total. The number of amides is 2. The maximum Gasteiger partial charge on any atom is 0.226 e. The normalized spacial score (nSPS) is 10.4. The highest BCUT2D eigenvalue weighted by molar-refractivity contribution is 6.31. The molecule has 1 N–H and O–H groups in total. The van der Waals surface area contributed by atoms with Crippen LogP contribution >= 0.6 is 11.6 Å². The number of carbonyl (C=O) groups excluding carboxylic acids is 2. The first-order valence-corrected chi connectivity index (χ1v) is 7.64. The summed E-state index contributed by atoms with van der Waals surface area (Å²) in [4.78, 5) is 24.8. The molecule has 2 rings (SSSR count). The van der Waals surface area contributed by atoms with Crippen LogP contribution in [-0.4, -0.2) is 18.4 Å². The largest absolute Gasteiger partial charge is 0.326 e. The van der Waals surface area contributed by atoms with Crippen LogP contribution in [0.5, 0.6) is 0 Å². The lowest BCUT2D eigenvalue weighted by Gasteiger charge is -2.21. The summed E-state index contributed by atoms with van der Waals surface area (Å²) in [7, 11) is 0. The molecule has 0 aromatic heterocycles. The van der Waals surface area contributed by atoms with Gasteiger partial charge in [0.2, 0.25) is 11.8 Å². The third kappa shape index (κ3) is 4.96. The minimum Gasteiger partial charge on any atom is -0.326 e. The Bertz CT molecular complexity index is 814. The summed E-state index contributed by atoms with van der Waals surface area (Å²) in [6, 6.07) is 6.75. The number of hydrogen-bond donors (Lipinski definition) is 1. The molecule has 0 aliphatic carbocycles. The van der Waals surface area contributed by atoms with Gasteiger partial charge < -0.3 is 10.2 Å². The molecule has 0 atom stereocenters. The molecule has 132 valence electrons. The minimum atomic E-state index is -1.09. The number of carbonyl (C=O) groups is 2. The van der Waals surface area contributed by atoms with Gasteiger partial charge in [-0.25, -0.2) is 13.2 Å². The van der Waals surface area contributed by atoms with E-state index in [1.54, 1.807) is 0 Å². The van der Waals surface area contributed by atoms with E-state index in [0.717, 1.165) is 23.1 Å². The fraction of sp³-hybridized carbons (Fsp3) is 0.176. The molecule has 2 aromatic rings. The van der Waals surface area contributed by atoms with Gasteiger partial charge in [-0.2, -0.15) is 0 Å². The average molecular weight is 371 g/mol. The van der Waals surface area contributed by atoms with Gasteiger partial charge in [-0.3, -0.25) is 9.59 Å². The second-order valence-corrected chi connectivity index (χ2v) is 5.60. The molecule has 0 radical (unpaired) electrons. The SMILES string of the molecule is CC(=O)N(CCC(=O)Nc1ccc(F)c(Cl)c1)c1ccc(F)c(F)c1. The molecule has 0 heterocycles. The van der Waals surface area contributed by atoms with Crippen molar-refractivity contribution in [1.29, 1.82) is 0 Å². The van der Waals surface area contributed by atoms with Gasteiger partial charge in [0.05, 0.1) is 5.02 Å². The van der Waals surface area contributed by atoms with Crippen LogP contribution in [-0.2, 0) is 9.59 Å². The number of rotatable bonds is 5. The Morgan fingerprint density at radius 1 is 1.04 bits per heavy atom. The minimum absolute atomic E-state index is 0.0405. The summed E-state index contributed by atoms with van der Waals surface area (Å²) in [5, 5.41) is 2.38. The topological polar surface area (TPSA) is 49.4 Å². The Hall–Kier alpha value is -2.54. The van der Waals surface area contributed by atoms with Gasteiger partial charge in [-0.05, 0) is 30.3 Å². The van der Waals surface area contributed by atoms with Crippen LogP contribution in [0.4, 0.5) is 24.5 Å². The lowest BCUT2D eigenvalue weighted by atomic mass is 10.2. The molecule has 25 heavy (non-hydrogen) atoms. The van der Waals surface area contributed by atoms with Crippen LogP contribution in [0.15, 0.2) is 36.4 Å². The number of nitrogens with one attached hydrogen (secondary N) is 1. The van der Waals surface area contributed by atoms with Gasteiger partial charge in [0, 0.05) is 37.3 Å². The standard InChI is InChI=1S/C17H14ClF3N2O2/c1-10(24)23(12-3-5-15(20)16(21)9-12)7-6-17(25)22-11-2-4-14(19)13(18)8-11/h2-5,8-9H,6-7H2,1H3,(H,22,25). The number of benzene rings is 2. The predicted octanol–water partition coefficient (Wildman–Crippen LogP) is 4.14. The first kappa shape index (κ1) is 18.8. The zero-order valence-corrected chi connectivity index (χ0v) is 13.9. The monoisotopic (exact) mass is 370 g/mol. The first-order valence-electron chi connectivity index (χ1n) is 7.26. The van der Waals surface area contributed by atoms with Crippen molar-refractivity contribution < 1.29 is 22.8 Å². The van der Waals surface area contributed by atoms with Crippen molar-refractivity contribution in [2.45, 2.75) is 13.3 Å². The van der Waals surface area contributed by atoms with Crippen LogP contribution in [0.2, 0.25) is 5.02 Å². The van der Waals surface area contributed by atoms with Crippen molar-refractivity contribution in [2.75, 3.05) is 16.8 Å². The smallest absolute Gasteiger partial charge is 0.226 e. The van der Waals surface area contributed by atoms with Gasteiger partial charge in [-0.1, -0.05) is 11.6 Å². The fourth-order valence-corrected chi connectivity index (χ4v) is 2.31. The van der Waals surface area contributed by atoms with E-state index in [-0.39, 0.29) is 23.7 Å². The van der Waals surface area contributed by atoms with Gasteiger partial charge >= 0.3 is 0 Å². The van der Waals surface area contributed by atoms with Crippen molar-refractivity contribution in [1.82, 2.24) is 0 Å². The Morgan fingerprint density at radius 3 is 2.32 bits per heavy atom. The van der Waals surface area contributed by atoms with Gasteiger partial charge in [0.15, 0.2) is 11.6 Å². The van der Waals surface area contributed by atoms with Crippen LogP contribution in [0.3, 0.4) is 0 Å². The first-order chi connectivity index (χ1) is 11.8. The van der Waals surface area contributed by atoms with E-state index < -0.39 is 29.3 Å². The highest BCUT2D eigenvalue weighted by atomic mass is 35.5. The highest BCUT2D eigenvalue weighted by Crippen LogP contribution is 2.20. The summed E-state index contributed by atoms with van der Waals surface area (Å²) >= 11 is 5.63. The van der Waals surface area contributed by atoms with Crippen molar-refractivity contribution in [3.63, 3.8) is 0 Å². The second-order valence-electron chi connectivity index (χ2n) is 5.20. The van der Waals surface area contributed by atoms with E-state index in [4.69, 9.17) is 11.6 Å². The van der Waals surface area contributed by atoms with Crippen molar-refractivity contribution >= 4 is 34.8 Å². The molecule has 0 aliphatic rings. The predicted molar refractivity (Wildman–Crippen MR) is 89.0 cm³/mol. The lowest BCUT2D eigenvalue weighted by Crippen LogP contribution is -2.32. The van der Waals surface area contributed by atoms with E-state index in [1.807, 2.05) is 0 Å². The average Bonchev–Trinajstić information content (AvgIpc) is 2.54.